The van der Waals surface area contributed by atoms with E-state index in [0.29, 0.717) is 6.04 Å². The Bertz CT molecular complexity index is 744. The lowest BCUT2D eigenvalue weighted by atomic mass is 9.98. The number of piperazine rings is 1. The summed E-state index contributed by atoms with van der Waals surface area (Å²) in [6.07, 6.45) is 0. The van der Waals surface area contributed by atoms with Crippen molar-refractivity contribution in [2.24, 2.45) is 0 Å². The third-order valence-corrected chi connectivity index (χ3v) is 5.59. The zero-order valence-electron chi connectivity index (χ0n) is 13.7. The van der Waals surface area contributed by atoms with Crippen molar-refractivity contribution in [2.75, 3.05) is 26.2 Å². The molecular weight excluding hydrogens is 312 g/mol. The zero-order valence-corrected chi connectivity index (χ0v) is 14.5. The largest absolute Gasteiger partial charge is 0.314 e. The van der Waals surface area contributed by atoms with Crippen LogP contribution in [0.25, 0.3) is 11.1 Å². The molecular formula is C21H22N2S. The SMILES string of the molecule is c1ccc(-c2ccc([C@H](c3cccs3)N3CCNCC3)cc2)cc1. The first-order chi connectivity index (χ1) is 11.9. The fourth-order valence-corrected chi connectivity index (χ4v) is 4.32. The first kappa shape index (κ1) is 15.6. The van der Waals surface area contributed by atoms with Gasteiger partial charge in [-0.3, -0.25) is 4.90 Å². The molecule has 4 rings (SSSR count). The molecule has 1 aliphatic heterocycles. The second kappa shape index (κ2) is 7.31. The molecule has 0 radical (unpaired) electrons. The second-order valence-corrected chi connectivity index (χ2v) is 7.17. The molecule has 3 aromatic rings. The predicted octanol–water partition coefficient (Wildman–Crippen LogP) is 4.41. The molecule has 1 fully saturated rings. The number of rotatable bonds is 4. The van der Waals surface area contributed by atoms with Gasteiger partial charge in [-0.1, -0.05) is 60.7 Å². The monoisotopic (exact) mass is 334 g/mol. The van der Waals surface area contributed by atoms with Gasteiger partial charge in [0, 0.05) is 31.1 Å². The van der Waals surface area contributed by atoms with E-state index in [2.05, 4.69) is 82.3 Å². The van der Waals surface area contributed by atoms with Crippen molar-refractivity contribution < 1.29 is 0 Å². The van der Waals surface area contributed by atoms with E-state index in [9.17, 15) is 0 Å². The molecule has 2 nitrogen and oxygen atoms in total. The summed E-state index contributed by atoms with van der Waals surface area (Å²) in [5.74, 6) is 0. The molecule has 0 bridgehead atoms. The van der Waals surface area contributed by atoms with Gasteiger partial charge in [0.25, 0.3) is 0 Å². The van der Waals surface area contributed by atoms with Crippen molar-refractivity contribution in [3.05, 3.63) is 82.6 Å². The summed E-state index contributed by atoms with van der Waals surface area (Å²) in [5, 5.41) is 5.64. The van der Waals surface area contributed by atoms with Gasteiger partial charge in [0.15, 0.2) is 0 Å². The number of benzene rings is 2. The smallest absolute Gasteiger partial charge is 0.0696 e. The average molecular weight is 334 g/mol. The molecule has 1 aliphatic rings. The summed E-state index contributed by atoms with van der Waals surface area (Å²) in [7, 11) is 0. The van der Waals surface area contributed by atoms with E-state index in [1.54, 1.807) is 0 Å². The van der Waals surface area contributed by atoms with Gasteiger partial charge in [-0.2, -0.15) is 0 Å². The van der Waals surface area contributed by atoms with E-state index in [-0.39, 0.29) is 0 Å². The first-order valence-corrected chi connectivity index (χ1v) is 9.43. The minimum atomic E-state index is 0.372. The van der Waals surface area contributed by atoms with Gasteiger partial charge in [0.05, 0.1) is 6.04 Å². The maximum Gasteiger partial charge on any atom is 0.0696 e. The molecule has 0 unspecified atom stereocenters. The van der Waals surface area contributed by atoms with E-state index >= 15 is 0 Å². The second-order valence-electron chi connectivity index (χ2n) is 6.19. The molecule has 0 saturated carbocycles. The van der Waals surface area contributed by atoms with Crippen molar-refractivity contribution >= 4 is 11.3 Å². The highest BCUT2D eigenvalue weighted by Gasteiger charge is 2.24. The number of hydrogen-bond acceptors (Lipinski definition) is 3. The van der Waals surface area contributed by atoms with Crippen molar-refractivity contribution in [3.63, 3.8) is 0 Å². The van der Waals surface area contributed by atoms with E-state index in [4.69, 9.17) is 0 Å². The van der Waals surface area contributed by atoms with Crippen LogP contribution in [-0.4, -0.2) is 31.1 Å². The van der Waals surface area contributed by atoms with Crippen LogP contribution < -0.4 is 5.32 Å². The Morgan fingerprint density at radius 1 is 0.792 bits per heavy atom. The van der Waals surface area contributed by atoms with Gasteiger partial charge in [-0.15, -0.1) is 11.3 Å². The van der Waals surface area contributed by atoms with Crippen LogP contribution >= 0.6 is 11.3 Å². The van der Waals surface area contributed by atoms with Crippen LogP contribution in [-0.2, 0) is 0 Å². The molecule has 1 atom stereocenters. The Morgan fingerprint density at radius 2 is 1.50 bits per heavy atom. The number of nitrogens with one attached hydrogen (secondary N) is 1. The van der Waals surface area contributed by atoms with Crippen molar-refractivity contribution in [1.29, 1.82) is 0 Å². The number of hydrogen-bond donors (Lipinski definition) is 1. The molecule has 1 saturated heterocycles. The maximum absolute atomic E-state index is 3.46. The highest BCUT2D eigenvalue weighted by molar-refractivity contribution is 7.10. The Morgan fingerprint density at radius 3 is 2.17 bits per heavy atom. The van der Waals surface area contributed by atoms with Gasteiger partial charge in [-0.25, -0.2) is 0 Å². The third-order valence-electron chi connectivity index (χ3n) is 4.66. The maximum atomic E-state index is 3.46. The third kappa shape index (κ3) is 3.29. The molecule has 0 aliphatic carbocycles. The van der Waals surface area contributed by atoms with Crippen LogP contribution in [0.15, 0.2) is 72.1 Å². The van der Waals surface area contributed by atoms with Gasteiger partial charge in [0.1, 0.15) is 0 Å². The summed E-state index contributed by atoms with van der Waals surface area (Å²) in [6, 6.07) is 24.5. The van der Waals surface area contributed by atoms with E-state index < -0.39 is 0 Å². The molecule has 2 aromatic carbocycles. The molecule has 1 N–H and O–H groups in total. The minimum Gasteiger partial charge on any atom is -0.314 e. The predicted molar refractivity (Wildman–Crippen MR) is 102 cm³/mol. The standard InChI is InChI=1S/C21H22N2S/c1-2-5-17(6-3-1)18-8-10-19(11-9-18)21(20-7-4-16-24-20)23-14-12-22-13-15-23/h1-11,16,21-22H,12-15H2/t21-/m1/s1. The van der Waals surface area contributed by atoms with Crippen LogP contribution in [0.1, 0.15) is 16.5 Å². The summed E-state index contributed by atoms with van der Waals surface area (Å²) in [5.41, 5.74) is 3.95. The number of thiophene rings is 1. The molecule has 1 aromatic heterocycles. The summed E-state index contributed by atoms with van der Waals surface area (Å²) in [6.45, 7) is 4.35. The van der Waals surface area contributed by atoms with Crippen molar-refractivity contribution in [2.45, 2.75) is 6.04 Å². The molecule has 0 spiro atoms. The van der Waals surface area contributed by atoms with Crippen LogP contribution in [0.3, 0.4) is 0 Å². The Kier molecular flexibility index (Phi) is 4.74. The molecule has 3 heteroatoms. The van der Waals surface area contributed by atoms with Gasteiger partial charge >= 0.3 is 0 Å². The molecule has 0 amide bonds. The highest BCUT2D eigenvalue weighted by atomic mass is 32.1. The van der Waals surface area contributed by atoms with E-state index in [0.717, 1.165) is 26.2 Å². The lowest BCUT2D eigenvalue weighted by molar-refractivity contribution is 0.200. The fourth-order valence-electron chi connectivity index (χ4n) is 3.43. The Balaban J connectivity index is 1.65. The molecule has 122 valence electrons. The summed E-state index contributed by atoms with van der Waals surface area (Å²) < 4.78 is 0. The normalized spacial score (nSPS) is 16.8. The van der Waals surface area contributed by atoms with Gasteiger partial charge in [-0.05, 0) is 28.1 Å². The Hall–Kier alpha value is -1.94. The lowest BCUT2D eigenvalue weighted by Gasteiger charge is -2.34. The zero-order chi connectivity index (χ0) is 16.2. The van der Waals surface area contributed by atoms with Gasteiger partial charge in [0.2, 0.25) is 0 Å². The minimum absolute atomic E-state index is 0.372. The average Bonchev–Trinajstić information content (AvgIpc) is 3.18. The number of nitrogens with zero attached hydrogens (tertiary/aromatic N) is 1. The highest BCUT2D eigenvalue weighted by Crippen LogP contribution is 2.33. The first-order valence-electron chi connectivity index (χ1n) is 8.55. The van der Waals surface area contributed by atoms with Gasteiger partial charge < -0.3 is 5.32 Å². The van der Waals surface area contributed by atoms with E-state index in [1.807, 2.05) is 11.3 Å². The van der Waals surface area contributed by atoms with Crippen LogP contribution in [0, 0.1) is 0 Å². The van der Waals surface area contributed by atoms with Crippen LogP contribution in [0.5, 0.6) is 0 Å². The quantitative estimate of drug-likeness (QED) is 0.760. The summed E-state index contributed by atoms with van der Waals surface area (Å²) in [4.78, 5) is 4.03. The van der Waals surface area contributed by atoms with E-state index in [1.165, 1.54) is 21.6 Å². The fraction of sp³-hybridized carbons (Fsp3) is 0.238. The lowest BCUT2D eigenvalue weighted by Crippen LogP contribution is -2.45. The van der Waals surface area contributed by atoms with Crippen LogP contribution in [0.4, 0.5) is 0 Å². The summed E-state index contributed by atoms with van der Waals surface area (Å²) >= 11 is 1.86. The van der Waals surface area contributed by atoms with Crippen molar-refractivity contribution in [1.82, 2.24) is 10.2 Å². The molecule has 2 heterocycles. The molecule has 24 heavy (non-hydrogen) atoms. The topological polar surface area (TPSA) is 15.3 Å². The van der Waals surface area contributed by atoms with Crippen LogP contribution in [0.2, 0.25) is 0 Å². The Labute approximate surface area is 147 Å². The van der Waals surface area contributed by atoms with Crippen molar-refractivity contribution in [3.8, 4) is 11.1 Å².